The van der Waals surface area contributed by atoms with Gasteiger partial charge in [0.1, 0.15) is 5.82 Å². The van der Waals surface area contributed by atoms with Gasteiger partial charge in [0.15, 0.2) is 10.9 Å². The Balaban J connectivity index is 1.54. The molecule has 1 heterocycles. The Morgan fingerprint density at radius 1 is 1.07 bits per heavy atom. The van der Waals surface area contributed by atoms with Crippen LogP contribution in [0.3, 0.4) is 0 Å². The average Bonchev–Trinajstić information content (AvgIpc) is 3.51. The minimum atomic E-state index is -0.210. The molecule has 3 aromatic rings. The molecule has 1 aliphatic carbocycles. The van der Waals surface area contributed by atoms with Crippen LogP contribution in [0.4, 0.5) is 0 Å². The number of carbonyl (C=O) groups excluding carboxylic acids is 1. The molecule has 4 rings (SSSR count). The van der Waals surface area contributed by atoms with Gasteiger partial charge in [0, 0.05) is 11.5 Å². The Labute approximate surface area is 170 Å². The van der Waals surface area contributed by atoms with Crippen molar-refractivity contribution in [2.24, 2.45) is 0 Å². The fourth-order valence-corrected chi connectivity index (χ4v) is 4.23. The summed E-state index contributed by atoms with van der Waals surface area (Å²) in [4.78, 5) is 12.9. The van der Waals surface area contributed by atoms with Crippen LogP contribution >= 0.6 is 11.8 Å². The topological polar surface area (TPSA) is 47.8 Å². The van der Waals surface area contributed by atoms with Crippen molar-refractivity contribution in [2.75, 3.05) is 0 Å². The number of thioether (sulfide) groups is 1. The smallest absolute Gasteiger partial charge is 0.192 e. The molecule has 4 nitrogen and oxygen atoms in total. The number of nitrogens with zero attached hydrogens (tertiary/aromatic N) is 3. The number of aryl methyl sites for hydroxylation is 1. The average molecular weight is 392 g/mol. The summed E-state index contributed by atoms with van der Waals surface area (Å²) in [5, 5.41) is 9.52. The zero-order chi connectivity index (χ0) is 19.5. The number of hydrogen-bond donors (Lipinski definition) is 0. The van der Waals surface area contributed by atoms with Crippen LogP contribution in [0.2, 0.25) is 0 Å². The van der Waals surface area contributed by atoms with Gasteiger partial charge in [-0.2, -0.15) is 0 Å². The Morgan fingerprint density at radius 3 is 2.43 bits per heavy atom. The summed E-state index contributed by atoms with van der Waals surface area (Å²) in [7, 11) is 0. The molecule has 144 valence electrons. The first-order chi connectivity index (χ1) is 13.7. The molecule has 0 saturated heterocycles. The molecule has 0 bridgehead atoms. The molecular formula is C23H25N3OS. The molecule has 1 saturated carbocycles. The van der Waals surface area contributed by atoms with E-state index in [0.717, 1.165) is 29.5 Å². The molecule has 1 atom stereocenters. The van der Waals surface area contributed by atoms with Gasteiger partial charge in [-0.05, 0) is 37.3 Å². The predicted octanol–water partition coefficient (Wildman–Crippen LogP) is 5.13. The van der Waals surface area contributed by atoms with Crippen molar-refractivity contribution in [3.63, 3.8) is 0 Å². The molecule has 1 aromatic heterocycles. The second-order valence-electron chi connectivity index (χ2n) is 7.36. The lowest BCUT2D eigenvalue weighted by Gasteiger charge is -2.13. The van der Waals surface area contributed by atoms with Crippen molar-refractivity contribution >= 4 is 17.5 Å². The number of ketones is 1. The summed E-state index contributed by atoms with van der Waals surface area (Å²) >= 11 is 1.51. The molecule has 0 radical (unpaired) electrons. The minimum Gasteiger partial charge on any atom is -0.301 e. The van der Waals surface area contributed by atoms with E-state index in [1.165, 1.54) is 35.7 Å². The standard InChI is InChI=1S/C23H25N3OS/c1-3-17-9-11-19(12-10-17)21(27)16(2)28-23-25-24-22(20-13-14-20)26(23)15-18-7-5-4-6-8-18/h4-12,16,20H,3,13-15H2,1-2H3. The molecule has 5 heteroatoms. The quantitative estimate of drug-likeness (QED) is 0.394. The van der Waals surface area contributed by atoms with Crippen molar-refractivity contribution in [2.45, 2.75) is 56.0 Å². The summed E-state index contributed by atoms with van der Waals surface area (Å²) in [6, 6.07) is 18.3. The normalized spacial score (nSPS) is 14.8. The van der Waals surface area contributed by atoms with Gasteiger partial charge in [0.2, 0.25) is 0 Å². The van der Waals surface area contributed by atoms with Crippen molar-refractivity contribution in [3.8, 4) is 0 Å². The number of hydrogen-bond acceptors (Lipinski definition) is 4. The third kappa shape index (κ3) is 4.20. The molecule has 1 aliphatic rings. The highest BCUT2D eigenvalue weighted by molar-refractivity contribution is 8.00. The van der Waals surface area contributed by atoms with Crippen LogP contribution in [-0.2, 0) is 13.0 Å². The highest BCUT2D eigenvalue weighted by Crippen LogP contribution is 2.40. The van der Waals surface area contributed by atoms with Gasteiger partial charge in [-0.1, -0.05) is 73.3 Å². The van der Waals surface area contributed by atoms with Crippen LogP contribution in [0.1, 0.15) is 59.9 Å². The first-order valence-corrected chi connectivity index (χ1v) is 10.8. The van der Waals surface area contributed by atoms with Gasteiger partial charge in [-0.25, -0.2) is 0 Å². The second-order valence-corrected chi connectivity index (χ2v) is 8.67. The van der Waals surface area contributed by atoms with E-state index in [9.17, 15) is 4.79 Å². The van der Waals surface area contributed by atoms with Gasteiger partial charge in [0.05, 0.1) is 11.8 Å². The monoisotopic (exact) mass is 391 g/mol. The van der Waals surface area contributed by atoms with E-state index in [2.05, 4.69) is 46.0 Å². The van der Waals surface area contributed by atoms with Crippen LogP contribution in [-0.4, -0.2) is 25.8 Å². The summed E-state index contributed by atoms with van der Waals surface area (Å²) < 4.78 is 2.20. The van der Waals surface area contributed by atoms with Gasteiger partial charge in [-0.3, -0.25) is 4.79 Å². The Morgan fingerprint density at radius 2 is 1.79 bits per heavy atom. The van der Waals surface area contributed by atoms with E-state index in [4.69, 9.17) is 0 Å². The van der Waals surface area contributed by atoms with E-state index in [1.807, 2.05) is 37.3 Å². The molecular weight excluding hydrogens is 366 g/mol. The molecule has 0 aliphatic heterocycles. The van der Waals surface area contributed by atoms with Gasteiger partial charge in [0.25, 0.3) is 0 Å². The number of aromatic nitrogens is 3. The highest BCUT2D eigenvalue weighted by Gasteiger charge is 2.31. The van der Waals surface area contributed by atoms with Crippen molar-refractivity contribution in [1.29, 1.82) is 0 Å². The number of carbonyl (C=O) groups is 1. The van der Waals surface area contributed by atoms with Gasteiger partial charge >= 0.3 is 0 Å². The zero-order valence-electron chi connectivity index (χ0n) is 16.3. The summed E-state index contributed by atoms with van der Waals surface area (Å²) in [5.41, 5.74) is 3.22. The number of Topliss-reactive ketones (excluding diaryl/α,β-unsaturated/α-hetero) is 1. The fraction of sp³-hybridized carbons (Fsp3) is 0.348. The van der Waals surface area contributed by atoms with E-state index in [-0.39, 0.29) is 11.0 Å². The van der Waals surface area contributed by atoms with E-state index in [0.29, 0.717) is 5.92 Å². The first kappa shape index (κ1) is 18.9. The number of benzene rings is 2. The Kier molecular flexibility index (Phi) is 5.62. The van der Waals surface area contributed by atoms with Crippen LogP contribution in [0.5, 0.6) is 0 Å². The summed E-state index contributed by atoms with van der Waals surface area (Å²) in [5.74, 6) is 1.70. The van der Waals surface area contributed by atoms with E-state index >= 15 is 0 Å². The Bertz CT molecular complexity index is 946. The molecule has 0 amide bonds. The van der Waals surface area contributed by atoms with Gasteiger partial charge in [-0.15, -0.1) is 10.2 Å². The molecule has 2 aromatic carbocycles. The van der Waals surface area contributed by atoms with Crippen molar-refractivity contribution < 1.29 is 4.79 Å². The SMILES string of the molecule is CCc1ccc(C(=O)C(C)Sc2nnc(C3CC3)n2Cc2ccccc2)cc1. The van der Waals surface area contributed by atoms with Crippen LogP contribution < -0.4 is 0 Å². The molecule has 1 unspecified atom stereocenters. The van der Waals surface area contributed by atoms with E-state index < -0.39 is 0 Å². The van der Waals surface area contributed by atoms with Crippen LogP contribution in [0, 0.1) is 0 Å². The van der Waals surface area contributed by atoms with Crippen molar-refractivity contribution in [1.82, 2.24) is 14.8 Å². The predicted molar refractivity (Wildman–Crippen MR) is 113 cm³/mol. The third-order valence-corrected chi connectivity index (χ3v) is 6.25. The largest absolute Gasteiger partial charge is 0.301 e. The van der Waals surface area contributed by atoms with Crippen LogP contribution in [0.15, 0.2) is 59.8 Å². The maximum absolute atomic E-state index is 12.9. The van der Waals surface area contributed by atoms with Gasteiger partial charge < -0.3 is 4.57 Å². The second kappa shape index (κ2) is 8.31. The van der Waals surface area contributed by atoms with E-state index in [1.54, 1.807) is 0 Å². The number of rotatable bonds is 8. The molecule has 0 spiro atoms. The molecule has 1 fully saturated rings. The zero-order valence-corrected chi connectivity index (χ0v) is 17.2. The summed E-state index contributed by atoms with van der Waals surface area (Å²) in [6.45, 7) is 4.82. The maximum Gasteiger partial charge on any atom is 0.192 e. The maximum atomic E-state index is 12.9. The summed E-state index contributed by atoms with van der Waals surface area (Å²) in [6.07, 6.45) is 3.33. The third-order valence-electron chi connectivity index (χ3n) is 5.17. The van der Waals surface area contributed by atoms with Crippen molar-refractivity contribution in [3.05, 3.63) is 77.1 Å². The lowest BCUT2D eigenvalue weighted by molar-refractivity contribution is 0.0994. The highest BCUT2D eigenvalue weighted by atomic mass is 32.2. The lowest BCUT2D eigenvalue weighted by Crippen LogP contribution is -2.15. The molecule has 0 N–H and O–H groups in total. The van der Waals surface area contributed by atoms with Crippen LogP contribution in [0.25, 0.3) is 0 Å². The Hall–Kier alpha value is -2.40. The fourth-order valence-electron chi connectivity index (χ4n) is 3.30. The molecule has 28 heavy (non-hydrogen) atoms. The first-order valence-electron chi connectivity index (χ1n) is 9.92. The lowest BCUT2D eigenvalue weighted by atomic mass is 10.1. The minimum absolute atomic E-state index is 0.134.